The molecule has 4 nitrogen and oxygen atoms in total. The third-order valence-electron chi connectivity index (χ3n) is 2.32. The van der Waals surface area contributed by atoms with Crippen molar-refractivity contribution in [2.45, 2.75) is 12.8 Å². The molecule has 8 heteroatoms. The van der Waals surface area contributed by atoms with Crippen LogP contribution in [0.15, 0.2) is 6.20 Å². The molecule has 0 amide bonds. The number of pyridine rings is 1. The van der Waals surface area contributed by atoms with Crippen molar-refractivity contribution in [3.63, 3.8) is 0 Å². The molecule has 1 fully saturated rings. The van der Waals surface area contributed by atoms with E-state index in [4.69, 9.17) is 11.6 Å². The molecule has 1 aromatic rings. The van der Waals surface area contributed by atoms with Crippen LogP contribution in [-0.4, -0.2) is 19.2 Å². The number of aromatic nitrogens is 1. The molecular formula is C9H9ClFIN2O2S. The van der Waals surface area contributed by atoms with Gasteiger partial charge in [-0.15, -0.1) is 0 Å². The van der Waals surface area contributed by atoms with Gasteiger partial charge < -0.3 is 0 Å². The summed E-state index contributed by atoms with van der Waals surface area (Å²) >= 11 is 7.52. The maximum Gasteiger partial charge on any atom is 0.234 e. The highest BCUT2D eigenvalue weighted by molar-refractivity contribution is 14.1. The van der Waals surface area contributed by atoms with Crippen molar-refractivity contribution in [1.29, 1.82) is 0 Å². The number of halogens is 3. The largest absolute Gasteiger partial charge is 0.266 e. The maximum absolute atomic E-state index is 13.1. The van der Waals surface area contributed by atoms with Gasteiger partial charge in [-0.3, -0.25) is 4.72 Å². The lowest BCUT2D eigenvalue weighted by atomic mass is 10.4. The number of rotatable bonds is 4. The summed E-state index contributed by atoms with van der Waals surface area (Å²) < 4.78 is 38.9. The Balaban J connectivity index is 2.20. The molecule has 2 rings (SSSR count). The van der Waals surface area contributed by atoms with Gasteiger partial charge in [-0.2, -0.15) is 0 Å². The number of nitrogens with zero attached hydrogens (tertiary/aromatic N) is 1. The van der Waals surface area contributed by atoms with Crippen molar-refractivity contribution >= 4 is 50.0 Å². The Morgan fingerprint density at radius 2 is 2.24 bits per heavy atom. The van der Waals surface area contributed by atoms with E-state index >= 15 is 0 Å². The Kier molecular flexibility index (Phi) is 3.79. The minimum Gasteiger partial charge on any atom is -0.266 e. The number of sulfonamides is 1. The van der Waals surface area contributed by atoms with E-state index in [9.17, 15) is 12.8 Å². The van der Waals surface area contributed by atoms with Gasteiger partial charge in [0.1, 0.15) is 5.02 Å². The van der Waals surface area contributed by atoms with E-state index < -0.39 is 15.8 Å². The first-order valence-corrected chi connectivity index (χ1v) is 8.00. The predicted octanol–water partition coefficient (Wildman–Crippen LogP) is 2.63. The van der Waals surface area contributed by atoms with E-state index in [0.29, 0.717) is 0 Å². The average Bonchev–Trinajstić information content (AvgIpc) is 3.02. The highest BCUT2D eigenvalue weighted by Gasteiger charge is 2.28. The molecule has 1 aliphatic rings. The van der Waals surface area contributed by atoms with Gasteiger partial charge in [-0.1, -0.05) is 11.6 Å². The lowest BCUT2D eigenvalue weighted by molar-refractivity contribution is 0.596. The summed E-state index contributed by atoms with van der Waals surface area (Å²) in [6, 6.07) is 0. The van der Waals surface area contributed by atoms with Crippen LogP contribution in [0.5, 0.6) is 0 Å². The van der Waals surface area contributed by atoms with E-state index in [1.165, 1.54) is 0 Å². The van der Waals surface area contributed by atoms with Gasteiger partial charge in [0.15, 0.2) is 11.6 Å². The SMILES string of the molecule is O=S(=O)(CC1CC1)Nc1ncc(F)c(I)c1Cl. The van der Waals surface area contributed by atoms with Crippen molar-refractivity contribution in [2.24, 2.45) is 5.92 Å². The van der Waals surface area contributed by atoms with Gasteiger partial charge in [-0.05, 0) is 41.4 Å². The van der Waals surface area contributed by atoms with Crippen molar-refractivity contribution in [3.8, 4) is 0 Å². The molecule has 1 heterocycles. The van der Waals surface area contributed by atoms with E-state index in [2.05, 4.69) is 9.71 Å². The van der Waals surface area contributed by atoms with Crippen LogP contribution in [0.25, 0.3) is 0 Å². The Bertz CT molecular complexity index is 548. The summed E-state index contributed by atoms with van der Waals surface area (Å²) in [5.41, 5.74) is 0. The topological polar surface area (TPSA) is 59.1 Å². The maximum atomic E-state index is 13.1. The summed E-state index contributed by atoms with van der Waals surface area (Å²) in [6.45, 7) is 0. The van der Waals surface area contributed by atoms with Crippen molar-refractivity contribution in [3.05, 3.63) is 20.6 Å². The van der Waals surface area contributed by atoms with Gasteiger partial charge in [-0.25, -0.2) is 17.8 Å². The predicted molar refractivity (Wildman–Crippen MR) is 72.1 cm³/mol. The van der Waals surface area contributed by atoms with Crippen LogP contribution < -0.4 is 4.72 Å². The molecule has 1 N–H and O–H groups in total. The van der Waals surface area contributed by atoms with Crippen LogP contribution in [0.1, 0.15) is 12.8 Å². The second-order valence-electron chi connectivity index (χ2n) is 3.91. The monoisotopic (exact) mass is 390 g/mol. The van der Waals surface area contributed by atoms with Crippen LogP contribution in [0.4, 0.5) is 10.2 Å². The highest BCUT2D eigenvalue weighted by Crippen LogP contribution is 2.32. The van der Waals surface area contributed by atoms with E-state index in [1.807, 2.05) is 0 Å². The molecule has 94 valence electrons. The van der Waals surface area contributed by atoms with E-state index in [1.54, 1.807) is 22.6 Å². The molecule has 0 bridgehead atoms. The smallest absolute Gasteiger partial charge is 0.234 e. The summed E-state index contributed by atoms with van der Waals surface area (Å²) in [4.78, 5) is 3.65. The molecule has 0 aromatic carbocycles. The molecular weight excluding hydrogens is 382 g/mol. The number of anilines is 1. The molecule has 0 radical (unpaired) electrons. The third kappa shape index (κ3) is 3.41. The zero-order chi connectivity index (χ0) is 12.6. The zero-order valence-electron chi connectivity index (χ0n) is 8.58. The fourth-order valence-corrected chi connectivity index (χ4v) is 3.42. The second-order valence-corrected chi connectivity index (χ2v) is 7.13. The second kappa shape index (κ2) is 4.85. The Morgan fingerprint density at radius 1 is 1.59 bits per heavy atom. The standard InChI is InChI=1S/C9H9ClFIN2O2S/c10-7-8(12)6(11)3-13-9(7)14-17(15,16)4-5-1-2-5/h3,5H,1-2,4H2,(H,13,14). The van der Waals surface area contributed by atoms with Crippen LogP contribution in [0.2, 0.25) is 5.02 Å². The normalized spacial score (nSPS) is 15.9. The molecule has 0 unspecified atom stereocenters. The highest BCUT2D eigenvalue weighted by atomic mass is 127. The molecule has 17 heavy (non-hydrogen) atoms. The molecule has 1 saturated carbocycles. The zero-order valence-corrected chi connectivity index (χ0v) is 12.3. The minimum absolute atomic E-state index is 0.00929. The molecule has 1 aliphatic carbocycles. The summed E-state index contributed by atoms with van der Waals surface area (Å²) in [5.74, 6) is -0.288. The van der Waals surface area contributed by atoms with Gasteiger partial charge in [0, 0.05) is 0 Å². The van der Waals surface area contributed by atoms with Gasteiger partial charge in [0.25, 0.3) is 0 Å². The fraction of sp³-hybridized carbons (Fsp3) is 0.444. The Hall–Kier alpha value is -0.150. The molecule has 0 atom stereocenters. The number of hydrogen-bond acceptors (Lipinski definition) is 3. The van der Waals surface area contributed by atoms with Crippen molar-refractivity contribution in [1.82, 2.24) is 4.98 Å². The van der Waals surface area contributed by atoms with Gasteiger partial charge in [0.2, 0.25) is 10.0 Å². The van der Waals surface area contributed by atoms with Crippen LogP contribution >= 0.6 is 34.2 Å². The first-order chi connectivity index (χ1) is 7.89. The lowest BCUT2D eigenvalue weighted by Gasteiger charge is -2.09. The lowest BCUT2D eigenvalue weighted by Crippen LogP contribution is -2.19. The fourth-order valence-electron chi connectivity index (χ4n) is 1.30. The first kappa shape index (κ1) is 13.3. The Morgan fingerprint density at radius 3 is 2.82 bits per heavy atom. The van der Waals surface area contributed by atoms with E-state index in [0.717, 1.165) is 19.0 Å². The number of hydrogen-bond donors (Lipinski definition) is 1. The number of nitrogens with one attached hydrogen (secondary N) is 1. The Labute approximate surface area is 117 Å². The first-order valence-electron chi connectivity index (χ1n) is 4.89. The molecule has 0 saturated heterocycles. The van der Waals surface area contributed by atoms with Crippen molar-refractivity contribution < 1.29 is 12.8 Å². The van der Waals surface area contributed by atoms with E-state index in [-0.39, 0.29) is 26.1 Å². The third-order valence-corrected chi connectivity index (χ3v) is 5.48. The molecule has 1 aromatic heterocycles. The quantitative estimate of drug-likeness (QED) is 0.804. The average molecular weight is 391 g/mol. The summed E-state index contributed by atoms with van der Waals surface area (Å²) in [5, 5.41) is -0.00929. The molecule has 0 aliphatic heterocycles. The van der Waals surface area contributed by atoms with Crippen LogP contribution in [0.3, 0.4) is 0 Å². The van der Waals surface area contributed by atoms with Gasteiger partial charge in [0.05, 0.1) is 15.5 Å². The summed E-state index contributed by atoms with van der Waals surface area (Å²) in [6.07, 6.45) is 2.81. The molecule has 0 spiro atoms. The van der Waals surface area contributed by atoms with Crippen LogP contribution in [-0.2, 0) is 10.0 Å². The van der Waals surface area contributed by atoms with Crippen LogP contribution in [0, 0.1) is 15.3 Å². The van der Waals surface area contributed by atoms with Gasteiger partial charge >= 0.3 is 0 Å². The summed E-state index contributed by atoms with van der Waals surface area (Å²) in [7, 11) is -3.45. The van der Waals surface area contributed by atoms with Crippen molar-refractivity contribution in [2.75, 3.05) is 10.5 Å². The minimum atomic E-state index is -3.45.